The monoisotopic (exact) mass is 299 g/mol. The van der Waals surface area contributed by atoms with Crippen molar-refractivity contribution >= 4 is 22.0 Å². The van der Waals surface area contributed by atoms with E-state index < -0.39 is 16.2 Å². The maximum atomic E-state index is 12.2. The molecule has 1 aliphatic rings. The molecule has 0 aliphatic carbocycles. The molecule has 1 aromatic heterocycles. The zero-order valence-electron chi connectivity index (χ0n) is 10.9. The maximum Gasteiger partial charge on any atom is 0.335 e. The van der Waals surface area contributed by atoms with Crippen LogP contribution in [0.4, 0.5) is 5.82 Å². The average molecular weight is 299 g/mol. The van der Waals surface area contributed by atoms with Crippen LogP contribution in [0, 0.1) is 0 Å². The fourth-order valence-corrected chi connectivity index (χ4v) is 3.34. The molecule has 0 spiro atoms. The Hall–Kier alpha value is -1.67. The number of pyridine rings is 1. The summed E-state index contributed by atoms with van der Waals surface area (Å²) in [5, 5.41) is 8.88. The highest BCUT2D eigenvalue weighted by Crippen LogP contribution is 2.16. The van der Waals surface area contributed by atoms with Gasteiger partial charge in [-0.25, -0.2) is 9.78 Å². The lowest BCUT2D eigenvalue weighted by Gasteiger charge is -2.20. The summed E-state index contributed by atoms with van der Waals surface area (Å²) in [5.74, 6) is -1.10. The Morgan fingerprint density at radius 2 is 1.90 bits per heavy atom. The van der Waals surface area contributed by atoms with E-state index in [1.165, 1.54) is 22.6 Å². The molecule has 0 aromatic carbocycles. The molecule has 2 N–H and O–H groups in total. The largest absolute Gasteiger partial charge is 0.478 e. The van der Waals surface area contributed by atoms with E-state index in [1.54, 1.807) is 0 Å². The summed E-state index contributed by atoms with van der Waals surface area (Å²) in [7, 11) is -3.67. The highest BCUT2D eigenvalue weighted by Gasteiger charge is 2.23. The second-order valence-corrected chi connectivity index (χ2v) is 6.33. The Morgan fingerprint density at radius 3 is 2.50 bits per heavy atom. The number of anilines is 1. The van der Waals surface area contributed by atoms with Crippen molar-refractivity contribution in [3.05, 3.63) is 23.9 Å². The third-order valence-electron chi connectivity index (χ3n) is 3.15. The summed E-state index contributed by atoms with van der Waals surface area (Å²) in [6.07, 6.45) is 4.99. The molecule has 1 aliphatic heterocycles. The Labute approximate surface area is 117 Å². The summed E-state index contributed by atoms with van der Waals surface area (Å²) in [5.41, 5.74) is -0.00596. The summed E-state index contributed by atoms with van der Waals surface area (Å²) < 4.78 is 28.2. The molecular formula is C12H17N3O4S. The first kappa shape index (κ1) is 14.7. The van der Waals surface area contributed by atoms with Gasteiger partial charge in [0, 0.05) is 19.3 Å². The topological polar surface area (TPSA) is 99.6 Å². The molecule has 0 bridgehead atoms. The fourth-order valence-electron chi connectivity index (χ4n) is 2.10. The molecular weight excluding hydrogens is 282 g/mol. The van der Waals surface area contributed by atoms with Gasteiger partial charge in [0.1, 0.15) is 5.82 Å². The van der Waals surface area contributed by atoms with Crippen LogP contribution in [-0.4, -0.2) is 41.9 Å². The van der Waals surface area contributed by atoms with Gasteiger partial charge in [-0.3, -0.25) is 4.72 Å². The lowest BCUT2D eigenvalue weighted by molar-refractivity contribution is 0.0697. The number of carboxylic acids is 1. The van der Waals surface area contributed by atoms with Crippen LogP contribution in [0.25, 0.3) is 0 Å². The molecule has 110 valence electrons. The molecule has 1 fully saturated rings. The first-order valence-electron chi connectivity index (χ1n) is 6.46. The second kappa shape index (κ2) is 6.19. The standard InChI is InChI=1S/C12H17N3O4S/c16-12(17)10-5-6-13-11(9-10)14-20(18,19)15-7-3-1-2-4-8-15/h5-6,9H,1-4,7-8H2,(H,13,14)(H,16,17). The number of rotatable bonds is 4. The quantitative estimate of drug-likeness (QED) is 0.873. The molecule has 20 heavy (non-hydrogen) atoms. The Bertz CT molecular complexity index is 580. The molecule has 0 unspecified atom stereocenters. The first-order valence-corrected chi connectivity index (χ1v) is 7.90. The van der Waals surface area contributed by atoms with Crippen LogP contribution in [0.15, 0.2) is 18.3 Å². The van der Waals surface area contributed by atoms with Crippen LogP contribution in [0.1, 0.15) is 36.0 Å². The van der Waals surface area contributed by atoms with Crippen molar-refractivity contribution in [1.29, 1.82) is 0 Å². The van der Waals surface area contributed by atoms with Crippen molar-refractivity contribution < 1.29 is 18.3 Å². The number of hydrogen-bond donors (Lipinski definition) is 2. The highest BCUT2D eigenvalue weighted by atomic mass is 32.2. The van der Waals surface area contributed by atoms with Crippen LogP contribution in [0.3, 0.4) is 0 Å². The minimum atomic E-state index is -3.67. The number of nitrogens with zero attached hydrogens (tertiary/aromatic N) is 2. The predicted molar refractivity (Wildman–Crippen MR) is 73.8 cm³/mol. The minimum absolute atomic E-state index is 0.00596. The van der Waals surface area contributed by atoms with Crippen LogP contribution in [-0.2, 0) is 10.2 Å². The highest BCUT2D eigenvalue weighted by molar-refractivity contribution is 7.90. The summed E-state index contributed by atoms with van der Waals surface area (Å²) in [4.78, 5) is 14.7. The molecule has 1 saturated heterocycles. The predicted octanol–water partition coefficient (Wildman–Crippen LogP) is 1.31. The molecule has 0 amide bonds. The fraction of sp³-hybridized carbons (Fsp3) is 0.500. The summed E-state index contributed by atoms with van der Waals surface area (Å²) >= 11 is 0. The van der Waals surface area contributed by atoms with E-state index in [9.17, 15) is 13.2 Å². The molecule has 7 nitrogen and oxygen atoms in total. The number of carbonyl (C=O) groups is 1. The number of nitrogens with one attached hydrogen (secondary N) is 1. The molecule has 2 rings (SSSR count). The van der Waals surface area contributed by atoms with Crippen LogP contribution in [0.2, 0.25) is 0 Å². The van der Waals surface area contributed by atoms with E-state index in [0.29, 0.717) is 13.1 Å². The van der Waals surface area contributed by atoms with Gasteiger partial charge < -0.3 is 5.11 Å². The molecule has 1 aromatic rings. The Kier molecular flexibility index (Phi) is 4.56. The van der Waals surface area contributed by atoms with Gasteiger partial charge in [-0.15, -0.1) is 0 Å². The van der Waals surface area contributed by atoms with Gasteiger partial charge in [-0.05, 0) is 25.0 Å². The van der Waals surface area contributed by atoms with Crippen molar-refractivity contribution in [2.45, 2.75) is 25.7 Å². The van der Waals surface area contributed by atoms with Crippen molar-refractivity contribution in [3.63, 3.8) is 0 Å². The van der Waals surface area contributed by atoms with Crippen molar-refractivity contribution in [3.8, 4) is 0 Å². The Balaban J connectivity index is 2.14. The maximum absolute atomic E-state index is 12.2. The smallest absolute Gasteiger partial charge is 0.335 e. The molecule has 0 radical (unpaired) electrons. The lowest BCUT2D eigenvalue weighted by atomic mass is 10.2. The van der Waals surface area contributed by atoms with E-state index in [4.69, 9.17) is 5.11 Å². The van der Waals surface area contributed by atoms with Gasteiger partial charge in [0.05, 0.1) is 5.56 Å². The van der Waals surface area contributed by atoms with Gasteiger partial charge in [0.25, 0.3) is 0 Å². The van der Waals surface area contributed by atoms with E-state index in [0.717, 1.165) is 25.7 Å². The van der Waals surface area contributed by atoms with E-state index in [1.807, 2.05) is 0 Å². The van der Waals surface area contributed by atoms with Crippen molar-refractivity contribution in [2.24, 2.45) is 0 Å². The van der Waals surface area contributed by atoms with Crippen LogP contribution < -0.4 is 4.72 Å². The molecule has 0 saturated carbocycles. The number of aromatic nitrogens is 1. The van der Waals surface area contributed by atoms with Crippen LogP contribution >= 0.6 is 0 Å². The first-order chi connectivity index (χ1) is 9.49. The lowest BCUT2D eigenvalue weighted by Crippen LogP contribution is -2.36. The molecule has 0 atom stereocenters. The van der Waals surface area contributed by atoms with Crippen LogP contribution in [0.5, 0.6) is 0 Å². The number of carboxylic acid groups (broad SMARTS) is 1. The Morgan fingerprint density at radius 1 is 1.25 bits per heavy atom. The molecule has 2 heterocycles. The third-order valence-corrected chi connectivity index (χ3v) is 4.66. The van der Waals surface area contributed by atoms with Gasteiger partial charge in [0.15, 0.2) is 0 Å². The number of aromatic carboxylic acids is 1. The SMILES string of the molecule is O=C(O)c1ccnc(NS(=O)(=O)N2CCCCCC2)c1. The second-order valence-electron chi connectivity index (χ2n) is 4.66. The van der Waals surface area contributed by atoms with E-state index in [-0.39, 0.29) is 11.4 Å². The van der Waals surface area contributed by atoms with E-state index >= 15 is 0 Å². The van der Waals surface area contributed by atoms with Crippen molar-refractivity contribution in [1.82, 2.24) is 9.29 Å². The van der Waals surface area contributed by atoms with Gasteiger partial charge in [-0.1, -0.05) is 12.8 Å². The number of hydrogen-bond acceptors (Lipinski definition) is 4. The third kappa shape index (κ3) is 3.67. The summed E-state index contributed by atoms with van der Waals surface area (Å²) in [6.45, 7) is 0.960. The zero-order valence-corrected chi connectivity index (χ0v) is 11.8. The van der Waals surface area contributed by atoms with Gasteiger partial charge in [-0.2, -0.15) is 12.7 Å². The molecule has 8 heteroatoms. The van der Waals surface area contributed by atoms with Gasteiger partial charge >= 0.3 is 16.2 Å². The summed E-state index contributed by atoms with van der Waals surface area (Å²) in [6, 6.07) is 2.52. The minimum Gasteiger partial charge on any atom is -0.478 e. The average Bonchev–Trinajstić information content (AvgIpc) is 2.67. The van der Waals surface area contributed by atoms with E-state index in [2.05, 4.69) is 9.71 Å². The zero-order chi connectivity index (χ0) is 14.6. The van der Waals surface area contributed by atoms with Gasteiger partial charge in [0.2, 0.25) is 0 Å². The van der Waals surface area contributed by atoms with Crippen molar-refractivity contribution in [2.75, 3.05) is 17.8 Å². The normalized spacial score (nSPS) is 17.4.